The summed E-state index contributed by atoms with van der Waals surface area (Å²) in [5.74, 6) is -0.611. The average molecular weight is 371 g/mol. The Morgan fingerprint density at radius 3 is 2.44 bits per heavy atom. The van der Waals surface area contributed by atoms with Crippen LogP contribution in [0.25, 0.3) is 0 Å². The second kappa shape index (κ2) is 8.70. The number of rotatable bonds is 8. The summed E-state index contributed by atoms with van der Waals surface area (Å²) in [4.78, 5) is 10.5. The van der Waals surface area contributed by atoms with Gasteiger partial charge in [0, 0.05) is 13.0 Å². The van der Waals surface area contributed by atoms with Crippen molar-refractivity contribution >= 4 is 22.0 Å². The molecule has 4 N–H and O–H groups in total. The van der Waals surface area contributed by atoms with E-state index in [1.807, 2.05) is 0 Å². The van der Waals surface area contributed by atoms with Crippen molar-refractivity contribution < 1.29 is 23.1 Å². The third-order valence-electron chi connectivity index (χ3n) is 3.82. The first-order chi connectivity index (χ1) is 11.6. The first-order valence-corrected chi connectivity index (χ1v) is 9.30. The molecular formula is C16H25N3O5S. The van der Waals surface area contributed by atoms with Gasteiger partial charge in [-0.15, -0.1) is 0 Å². The van der Waals surface area contributed by atoms with Gasteiger partial charge in [0.15, 0.2) is 0 Å². The predicted molar refractivity (Wildman–Crippen MR) is 94.7 cm³/mol. The molecule has 0 radical (unpaired) electrons. The van der Waals surface area contributed by atoms with Crippen LogP contribution < -0.4 is 14.8 Å². The molecule has 0 aliphatic rings. The number of ether oxygens (including phenoxy) is 1. The first kappa shape index (κ1) is 20.8. The van der Waals surface area contributed by atoms with Crippen LogP contribution in [0.15, 0.2) is 11.0 Å². The summed E-state index contributed by atoms with van der Waals surface area (Å²) in [6, 6.07) is 1.65. The van der Waals surface area contributed by atoms with Crippen LogP contribution in [0.1, 0.15) is 36.0 Å². The van der Waals surface area contributed by atoms with Gasteiger partial charge in [0.05, 0.1) is 12.0 Å². The Morgan fingerprint density at radius 1 is 1.24 bits per heavy atom. The fourth-order valence-electron chi connectivity index (χ4n) is 2.48. The lowest BCUT2D eigenvalue weighted by atomic mass is 10.1. The SMILES string of the molecule is COc1cc(C)c(S(=O)(=O)NC(=N)NCCCCC(=O)O)c(C)c1C. The van der Waals surface area contributed by atoms with Crippen LogP contribution in [0.4, 0.5) is 0 Å². The molecule has 0 aromatic heterocycles. The molecule has 0 saturated heterocycles. The quantitative estimate of drug-likeness (QED) is 0.313. The molecule has 0 fully saturated rings. The van der Waals surface area contributed by atoms with E-state index in [4.69, 9.17) is 15.3 Å². The standard InChI is InChI=1S/C16H25N3O5S/c1-10-9-13(24-4)11(2)12(3)15(10)25(22,23)19-16(17)18-8-6-5-7-14(20)21/h9H,5-8H2,1-4H3,(H,20,21)(H3,17,18,19). The van der Waals surface area contributed by atoms with E-state index in [-0.39, 0.29) is 17.3 Å². The Hall–Kier alpha value is -2.29. The number of hydrogen-bond acceptors (Lipinski definition) is 5. The van der Waals surface area contributed by atoms with E-state index >= 15 is 0 Å². The molecule has 0 spiro atoms. The van der Waals surface area contributed by atoms with E-state index in [2.05, 4.69) is 10.0 Å². The summed E-state index contributed by atoms with van der Waals surface area (Å²) < 4.78 is 32.7. The largest absolute Gasteiger partial charge is 0.496 e. The second-order valence-corrected chi connectivity index (χ2v) is 7.35. The van der Waals surface area contributed by atoms with Gasteiger partial charge in [0.2, 0.25) is 5.96 Å². The van der Waals surface area contributed by atoms with Gasteiger partial charge in [0.1, 0.15) is 5.75 Å². The molecule has 0 saturated carbocycles. The lowest BCUT2D eigenvalue weighted by Gasteiger charge is -2.17. The van der Waals surface area contributed by atoms with Crippen molar-refractivity contribution in [3.05, 3.63) is 22.8 Å². The average Bonchev–Trinajstić information content (AvgIpc) is 2.49. The highest BCUT2D eigenvalue weighted by Gasteiger charge is 2.23. The summed E-state index contributed by atoms with van der Waals surface area (Å²) in [6.07, 6.45) is 1.03. The minimum atomic E-state index is -3.91. The topological polar surface area (TPSA) is 129 Å². The number of carboxylic acid groups (broad SMARTS) is 1. The fraction of sp³-hybridized carbons (Fsp3) is 0.500. The summed E-state index contributed by atoms with van der Waals surface area (Å²) >= 11 is 0. The van der Waals surface area contributed by atoms with Crippen molar-refractivity contribution in [2.75, 3.05) is 13.7 Å². The molecule has 8 nitrogen and oxygen atoms in total. The van der Waals surface area contributed by atoms with Gasteiger partial charge < -0.3 is 15.2 Å². The van der Waals surface area contributed by atoms with Crippen LogP contribution in [-0.2, 0) is 14.8 Å². The van der Waals surface area contributed by atoms with E-state index < -0.39 is 16.0 Å². The van der Waals surface area contributed by atoms with Crippen molar-refractivity contribution in [1.29, 1.82) is 5.41 Å². The highest BCUT2D eigenvalue weighted by atomic mass is 32.2. The van der Waals surface area contributed by atoms with Gasteiger partial charge in [-0.05, 0) is 56.4 Å². The molecule has 1 rings (SSSR count). The van der Waals surface area contributed by atoms with Crippen LogP contribution >= 0.6 is 0 Å². The summed E-state index contributed by atoms with van der Waals surface area (Å²) in [5, 5.41) is 18.9. The molecule has 0 amide bonds. The van der Waals surface area contributed by atoms with Crippen LogP contribution in [-0.4, -0.2) is 39.1 Å². The highest BCUT2D eigenvalue weighted by molar-refractivity contribution is 7.90. The minimum absolute atomic E-state index is 0.0459. The third kappa shape index (κ3) is 5.63. The number of aliphatic carboxylic acids is 1. The van der Waals surface area contributed by atoms with Gasteiger partial charge in [-0.25, -0.2) is 13.1 Å². The molecule has 0 unspecified atom stereocenters. The number of unbranched alkanes of at least 4 members (excludes halogenated alkanes) is 1. The summed E-state index contributed by atoms with van der Waals surface area (Å²) in [5.41, 5.74) is 1.82. The molecule has 9 heteroatoms. The smallest absolute Gasteiger partial charge is 0.303 e. The van der Waals surface area contributed by atoms with E-state index in [0.29, 0.717) is 36.3 Å². The van der Waals surface area contributed by atoms with Crippen molar-refractivity contribution in [2.24, 2.45) is 0 Å². The molecular weight excluding hydrogens is 346 g/mol. The zero-order valence-corrected chi connectivity index (χ0v) is 15.7. The Bertz CT molecular complexity index is 760. The number of aryl methyl sites for hydroxylation is 1. The number of hydrogen-bond donors (Lipinski definition) is 4. The molecule has 25 heavy (non-hydrogen) atoms. The van der Waals surface area contributed by atoms with E-state index in [1.165, 1.54) is 7.11 Å². The number of guanidine groups is 1. The summed E-state index contributed by atoms with van der Waals surface area (Å²) in [6.45, 7) is 5.46. The van der Waals surface area contributed by atoms with Gasteiger partial charge in [-0.3, -0.25) is 10.2 Å². The lowest BCUT2D eigenvalue weighted by Crippen LogP contribution is -2.41. The third-order valence-corrected chi connectivity index (χ3v) is 5.46. The number of carbonyl (C=O) groups is 1. The van der Waals surface area contributed by atoms with Crippen LogP contribution in [0.3, 0.4) is 0 Å². The molecule has 0 heterocycles. The highest BCUT2D eigenvalue weighted by Crippen LogP contribution is 2.30. The molecule has 0 aliphatic heterocycles. The fourth-order valence-corrected chi connectivity index (χ4v) is 3.96. The van der Waals surface area contributed by atoms with E-state index in [1.54, 1.807) is 26.8 Å². The molecule has 0 atom stereocenters. The maximum Gasteiger partial charge on any atom is 0.303 e. The van der Waals surface area contributed by atoms with Crippen molar-refractivity contribution in [3.63, 3.8) is 0 Å². The zero-order chi connectivity index (χ0) is 19.2. The number of benzene rings is 1. The van der Waals surface area contributed by atoms with Gasteiger partial charge in [-0.1, -0.05) is 0 Å². The molecule has 140 valence electrons. The zero-order valence-electron chi connectivity index (χ0n) is 14.9. The number of sulfonamides is 1. The summed E-state index contributed by atoms with van der Waals surface area (Å²) in [7, 11) is -2.39. The maximum absolute atomic E-state index is 12.6. The Labute approximate surface area is 148 Å². The number of carboxylic acids is 1. The minimum Gasteiger partial charge on any atom is -0.496 e. The Balaban J connectivity index is 2.80. The number of nitrogens with one attached hydrogen (secondary N) is 3. The molecule has 0 aliphatic carbocycles. The van der Waals surface area contributed by atoms with Crippen LogP contribution in [0.5, 0.6) is 5.75 Å². The first-order valence-electron chi connectivity index (χ1n) is 7.82. The Morgan fingerprint density at radius 2 is 1.88 bits per heavy atom. The Kier molecular flexibility index (Phi) is 7.22. The normalized spacial score (nSPS) is 11.0. The molecule has 1 aromatic carbocycles. The van der Waals surface area contributed by atoms with Gasteiger partial charge >= 0.3 is 5.97 Å². The van der Waals surface area contributed by atoms with Crippen molar-refractivity contribution in [1.82, 2.24) is 10.0 Å². The molecule has 0 bridgehead atoms. The number of methoxy groups -OCH3 is 1. The monoisotopic (exact) mass is 371 g/mol. The molecule has 1 aromatic rings. The van der Waals surface area contributed by atoms with Crippen molar-refractivity contribution in [2.45, 2.75) is 44.9 Å². The lowest BCUT2D eigenvalue weighted by molar-refractivity contribution is -0.137. The van der Waals surface area contributed by atoms with Crippen LogP contribution in [0.2, 0.25) is 0 Å². The van der Waals surface area contributed by atoms with Crippen LogP contribution in [0, 0.1) is 26.2 Å². The van der Waals surface area contributed by atoms with E-state index in [0.717, 1.165) is 5.56 Å². The maximum atomic E-state index is 12.6. The second-order valence-electron chi connectivity index (χ2n) is 5.73. The van der Waals surface area contributed by atoms with Gasteiger partial charge in [0.25, 0.3) is 10.0 Å². The van der Waals surface area contributed by atoms with Gasteiger partial charge in [-0.2, -0.15) is 0 Å². The van der Waals surface area contributed by atoms with Crippen molar-refractivity contribution in [3.8, 4) is 5.75 Å². The van der Waals surface area contributed by atoms with E-state index in [9.17, 15) is 13.2 Å². The predicted octanol–water partition coefficient (Wildman–Crippen LogP) is 1.68.